The summed E-state index contributed by atoms with van der Waals surface area (Å²) in [7, 11) is 0. The van der Waals surface area contributed by atoms with E-state index in [4.69, 9.17) is 4.98 Å². The van der Waals surface area contributed by atoms with Gasteiger partial charge in [0.2, 0.25) is 0 Å². The average Bonchev–Trinajstić information content (AvgIpc) is 3.77. The van der Waals surface area contributed by atoms with Gasteiger partial charge in [-0.05, 0) is 71.7 Å². The molecule has 0 saturated heterocycles. The molecule has 3 heterocycles. The fourth-order valence-electron chi connectivity index (χ4n) is 5.97. The normalized spacial score (nSPS) is 12.5. The van der Waals surface area contributed by atoms with E-state index in [1.54, 1.807) is 29.0 Å². The number of aromatic nitrogens is 2. The van der Waals surface area contributed by atoms with Crippen molar-refractivity contribution in [1.29, 1.82) is 0 Å². The van der Waals surface area contributed by atoms with Gasteiger partial charge in [0.05, 0.1) is 5.52 Å². The van der Waals surface area contributed by atoms with Crippen LogP contribution in [-0.4, -0.2) is 20.9 Å². The molecule has 265 valence electrons. The first kappa shape index (κ1) is 39.6. The van der Waals surface area contributed by atoms with Crippen molar-refractivity contribution >= 4 is 59.5 Å². The van der Waals surface area contributed by atoms with Crippen LogP contribution in [0.15, 0.2) is 84.2 Å². The number of carbonyl (C=O) groups excluding carboxylic acids is 1. The number of carbonyl (C=O) groups is 1. The molecule has 3 aromatic carbocycles. The molecule has 0 aliphatic heterocycles. The van der Waals surface area contributed by atoms with Crippen LogP contribution in [0.5, 0.6) is 0 Å². The zero-order chi connectivity index (χ0) is 35.6. The monoisotopic (exact) mass is 882 g/mol. The molecule has 3 aromatic heterocycles. The third kappa shape index (κ3) is 8.12. The molecular weight excluding hydrogens is 833 g/mol. The Kier molecular flexibility index (Phi) is 12.6. The number of benzene rings is 3. The molecule has 7 heteroatoms. The van der Waals surface area contributed by atoms with E-state index in [2.05, 4.69) is 97.9 Å². The first-order valence-corrected chi connectivity index (χ1v) is 19.1. The molecule has 0 saturated carbocycles. The Hall–Kier alpha value is -3.22. The number of thiophene rings is 2. The maximum absolute atomic E-state index is 12.2. The number of nitrogens with zero attached hydrogens (tertiary/aromatic N) is 2. The van der Waals surface area contributed by atoms with E-state index in [9.17, 15) is 9.90 Å². The maximum Gasteiger partial charge on any atom is 0.164 e. The molecule has 0 atom stereocenters. The third-order valence-corrected chi connectivity index (χ3v) is 12.6. The molecule has 4 nitrogen and oxygen atoms in total. The molecule has 0 aliphatic carbocycles. The Morgan fingerprint density at radius 3 is 2.20 bits per heavy atom. The van der Waals surface area contributed by atoms with Crippen molar-refractivity contribution in [2.24, 2.45) is 10.8 Å². The van der Waals surface area contributed by atoms with Gasteiger partial charge in [-0.1, -0.05) is 97.5 Å². The quantitative estimate of drug-likeness (QED) is 0.0893. The van der Waals surface area contributed by atoms with Gasteiger partial charge in [0, 0.05) is 57.0 Å². The first-order chi connectivity index (χ1) is 23.3. The summed E-state index contributed by atoms with van der Waals surface area (Å²) in [5.74, 6) is 0.286. The van der Waals surface area contributed by atoms with E-state index in [1.165, 1.54) is 37.6 Å². The molecule has 0 amide bonds. The number of rotatable bonds is 9. The van der Waals surface area contributed by atoms with Gasteiger partial charge in [0.25, 0.3) is 0 Å². The Balaban J connectivity index is 0.000000269. The first-order valence-electron chi connectivity index (χ1n) is 17.4. The smallest absolute Gasteiger partial charge is 0.164 e. The predicted octanol–water partition coefficient (Wildman–Crippen LogP) is 13.1. The molecule has 0 fully saturated rings. The van der Waals surface area contributed by atoms with Crippen LogP contribution in [0.25, 0.3) is 52.8 Å². The van der Waals surface area contributed by atoms with Gasteiger partial charge in [-0.25, -0.2) is 4.98 Å². The van der Waals surface area contributed by atoms with Crippen LogP contribution >= 0.6 is 22.7 Å². The summed E-state index contributed by atoms with van der Waals surface area (Å²) >= 11 is 3.54. The fraction of sp³-hybridized carbons (Fsp3) is 0.372. The molecule has 6 aromatic rings. The second kappa shape index (κ2) is 16.0. The van der Waals surface area contributed by atoms with E-state index >= 15 is 0 Å². The van der Waals surface area contributed by atoms with Crippen molar-refractivity contribution in [2.45, 2.75) is 93.4 Å². The van der Waals surface area contributed by atoms with Gasteiger partial charge in [0.1, 0.15) is 12.1 Å². The number of ketones is 1. The summed E-state index contributed by atoms with van der Waals surface area (Å²) in [5.41, 5.74) is 4.93. The summed E-state index contributed by atoms with van der Waals surface area (Å²) in [6, 6.07) is 25.5. The number of allylic oxidation sites excluding steroid dienone is 2. The standard InChI is InChI=1S/C28H21N2S2.C15H28O2.Ir/c1-28(2,3)22-14-20(12-17-6-4-5-7-21(17)22)26-27-23(29-16-30-26)15-25(32-27)18-8-9-24-19(13-18)10-11-31-24;1-7-14(5,8-2)12(16)11-13(17)15(6,9-3)10-4;/h4-11,13-16H,1-3H3;11,16H,7-10H2,1-6H3;/q-1;;/b;12-11-;. The van der Waals surface area contributed by atoms with E-state index in [-0.39, 0.29) is 47.9 Å². The van der Waals surface area contributed by atoms with Crippen molar-refractivity contribution in [3.63, 3.8) is 0 Å². The fourth-order valence-corrected chi connectivity index (χ4v) is 7.85. The summed E-state index contributed by atoms with van der Waals surface area (Å²) in [5, 5.41) is 15.9. The molecule has 0 unspecified atom stereocenters. The second-order valence-electron chi connectivity index (χ2n) is 14.5. The minimum Gasteiger partial charge on any atom is -0.512 e. The van der Waals surface area contributed by atoms with Crippen molar-refractivity contribution < 1.29 is 30.0 Å². The molecule has 0 bridgehead atoms. The largest absolute Gasteiger partial charge is 0.512 e. The van der Waals surface area contributed by atoms with Crippen molar-refractivity contribution in [3.8, 4) is 21.7 Å². The van der Waals surface area contributed by atoms with Crippen LogP contribution in [0.4, 0.5) is 0 Å². The molecular formula is C43H49IrN2O2S2-. The number of hydrogen-bond acceptors (Lipinski definition) is 6. The Labute approximate surface area is 319 Å². The zero-order valence-corrected chi connectivity index (χ0v) is 34.8. The second-order valence-corrected chi connectivity index (χ2v) is 16.5. The summed E-state index contributed by atoms with van der Waals surface area (Å²) < 4.78 is 2.43. The molecule has 1 radical (unpaired) electrons. The molecule has 0 aliphatic rings. The van der Waals surface area contributed by atoms with E-state index in [0.29, 0.717) is 0 Å². The van der Waals surface area contributed by atoms with Crippen LogP contribution in [0.1, 0.15) is 93.6 Å². The summed E-state index contributed by atoms with van der Waals surface area (Å²) in [6.45, 7) is 18.9. The summed E-state index contributed by atoms with van der Waals surface area (Å²) in [6.07, 6.45) is 6.43. The average molecular weight is 882 g/mol. The Bertz CT molecular complexity index is 2130. The van der Waals surface area contributed by atoms with E-state index in [1.807, 2.05) is 41.5 Å². The van der Waals surface area contributed by atoms with Crippen molar-refractivity contribution in [3.05, 3.63) is 95.8 Å². The predicted molar refractivity (Wildman–Crippen MR) is 212 cm³/mol. The Morgan fingerprint density at radius 2 is 1.54 bits per heavy atom. The maximum atomic E-state index is 12.2. The van der Waals surface area contributed by atoms with Crippen LogP contribution < -0.4 is 0 Å². The number of fused-ring (bicyclic) bond motifs is 3. The van der Waals surface area contributed by atoms with Gasteiger partial charge in [-0.3, -0.25) is 9.78 Å². The van der Waals surface area contributed by atoms with Crippen LogP contribution in [-0.2, 0) is 30.3 Å². The zero-order valence-electron chi connectivity index (χ0n) is 30.7. The minimum atomic E-state index is -0.337. The van der Waals surface area contributed by atoms with Gasteiger partial charge < -0.3 is 5.11 Å². The van der Waals surface area contributed by atoms with Gasteiger partial charge in [-0.15, -0.1) is 51.8 Å². The topological polar surface area (TPSA) is 63.1 Å². The minimum absolute atomic E-state index is 0. The van der Waals surface area contributed by atoms with E-state index in [0.717, 1.165) is 52.5 Å². The van der Waals surface area contributed by atoms with Crippen LogP contribution in [0.3, 0.4) is 0 Å². The van der Waals surface area contributed by atoms with Crippen molar-refractivity contribution in [1.82, 2.24) is 9.97 Å². The van der Waals surface area contributed by atoms with Crippen LogP contribution in [0, 0.1) is 16.9 Å². The number of hydrogen-bond donors (Lipinski definition) is 1. The number of aliphatic hydroxyl groups is 1. The van der Waals surface area contributed by atoms with Crippen LogP contribution in [0.2, 0.25) is 0 Å². The van der Waals surface area contributed by atoms with Gasteiger partial charge in [-0.2, -0.15) is 0 Å². The third-order valence-electron chi connectivity index (χ3n) is 10.5. The van der Waals surface area contributed by atoms with E-state index < -0.39 is 0 Å². The summed E-state index contributed by atoms with van der Waals surface area (Å²) in [4.78, 5) is 22.7. The van der Waals surface area contributed by atoms with Crippen molar-refractivity contribution in [2.75, 3.05) is 0 Å². The Morgan fingerprint density at radius 1 is 0.860 bits per heavy atom. The molecule has 1 N–H and O–H groups in total. The SMILES string of the molecule is CC(C)(C)c1cc(-c2ncnc3cc(-c4ccc5sccc5c4)sc23)[c-]c2ccccc12.CCC(C)(CC)C(=O)/C=C(\O)C(C)(CC)CC.[Ir]. The molecule has 50 heavy (non-hydrogen) atoms. The molecule has 0 spiro atoms. The van der Waals surface area contributed by atoms with Gasteiger partial charge in [0.15, 0.2) is 5.78 Å². The number of aliphatic hydroxyl groups excluding tert-OH is 1. The van der Waals surface area contributed by atoms with Gasteiger partial charge >= 0.3 is 0 Å². The molecule has 6 rings (SSSR count).